The summed E-state index contributed by atoms with van der Waals surface area (Å²) in [6.45, 7) is 3.30. The van der Waals surface area contributed by atoms with E-state index in [-0.39, 0.29) is 19.1 Å². The van der Waals surface area contributed by atoms with Crippen LogP contribution in [-0.2, 0) is 39.9 Å². The third-order valence-corrected chi connectivity index (χ3v) is 8.08. The maximum Gasteiger partial charge on any atom is 0.269 e. The van der Waals surface area contributed by atoms with Crippen LogP contribution in [0.25, 0.3) is 10.8 Å². The van der Waals surface area contributed by atoms with Crippen molar-refractivity contribution in [3.8, 4) is 0 Å². The van der Waals surface area contributed by atoms with Gasteiger partial charge in [-0.15, -0.1) is 0 Å². The summed E-state index contributed by atoms with van der Waals surface area (Å²) < 4.78 is 31.3. The predicted octanol–water partition coefficient (Wildman–Crippen LogP) is 3.94. The van der Waals surface area contributed by atoms with E-state index in [1.807, 2.05) is 91.0 Å². The predicted molar refractivity (Wildman–Crippen MR) is 171 cm³/mol. The van der Waals surface area contributed by atoms with Crippen LogP contribution in [0.15, 0.2) is 103 Å². The fourth-order valence-corrected chi connectivity index (χ4v) is 5.72. The van der Waals surface area contributed by atoms with Gasteiger partial charge in [0.05, 0.1) is 13.2 Å². The van der Waals surface area contributed by atoms with Crippen molar-refractivity contribution in [3.05, 3.63) is 120 Å². The van der Waals surface area contributed by atoms with Crippen molar-refractivity contribution in [2.45, 2.75) is 63.5 Å². The quantitative estimate of drug-likeness (QED) is 0.235. The van der Waals surface area contributed by atoms with Gasteiger partial charge in [-0.05, 0) is 35.4 Å². The van der Waals surface area contributed by atoms with Crippen LogP contribution in [0.1, 0.15) is 41.6 Å². The molecule has 2 aliphatic heterocycles. The van der Waals surface area contributed by atoms with Crippen molar-refractivity contribution in [1.29, 1.82) is 0 Å². The molecule has 11 nitrogen and oxygen atoms in total. The Balaban J connectivity index is 1.19. The molecular weight excluding hydrogens is 602 g/mol. The Hall–Kier alpha value is -4.65. The molecule has 0 radical (unpaired) electrons. The lowest BCUT2D eigenvalue weighted by molar-refractivity contribution is -0.351. The first kappa shape index (κ1) is 32.3. The monoisotopic (exact) mass is 639 g/mol. The molecule has 3 N–H and O–H groups in total. The molecule has 47 heavy (non-hydrogen) atoms. The molecule has 3 amide bonds. The summed E-state index contributed by atoms with van der Waals surface area (Å²) in [7, 11) is 0. The van der Waals surface area contributed by atoms with Crippen LogP contribution in [0.3, 0.4) is 0 Å². The number of hydrazine groups is 1. The number of carbonyl (C=O) groups is 3. The number of nitrogens with one attached hydrogen (secondary N) is 3. The lowest BCUT2D eigenvalue weighted by Gasteiger charge is -2.49. The van der Waals surface area contributed by atoms with E-state index in [2.05, 4.69) is 16.2 Å². The minimum atomic E-state index is -1.08. The van der Waals surface area contributed by atoms with Gasteiger partial charge in [-0.3, -0.25) is 25.2 Å². The van der Waals surface area contributed by atoms with E-state index >= 15 is 0 Å². The minimum Gasteiger partial charge on any atom is -0.360 e. The van der Waals surface area contributed by atoms with Crippen molar-refractivity contribution < 1.29 is 38.1 Å². The van der Waals surface area contributed by atoms with Gasteiger partial charge in [0.25, 0.3) is 11.8 Å². The van der Waals surface area contributed by atoms with Gasteiger partial charge < -0.3 is 29.0 Å². The van der Waals surface area contributed by atoms with Crippen LogP contribution in [0.2, 0.25) is 0 Å². The Morgan fingerprint density at radius 1 is 0.851 bits per heavy atom. The highest BCUT2D eigenvalue weighted by Crippen LogP contribution is 2.36. The Bertz CT molecular complexity index is 1690. The molecule has 11 heteroatoms. The van der Waals surface area contributed by atoms with E-state index in [1.54, 1.807) is 19.1 Å². The molecule has 0 saturated carbocycles. The van der Waals surface area contributed by atoms with Crippen molar-refractivity contribution in [3.63, 3.8) is 0 Å². The summed E-state index contributed by atoms with van der Waals surface area (Å²) in [4.78, 5) is 38.6. The Morgan fingerprint density at radius 2 is 1.55 bits per heavy atom. The molecule has 0 unspecified atom stereocenters. The normalized spacial score (nSPS) is 24.5. The first-order valence-corrected chi connectivity index (χ1v) is 15.5. The summed E-state index contributed by atoms with van der Waals surface area (Å²) in [5.41, 5.74) is 7.02. The van der Waals surface area contributed by atoms with Crippen molar-refractivity contribution in [1.82, 2.24) is 16.2 Å². The van der Waals surface area contributed by atoms with E-state index in [1.165, 1.54) is 6.92 Å². The van der Waals surface area contributed by atoms with E-state index in [4.69, 9.17) is 23.7 Å². The molecule has 244 valence electrons. The Morgan fingerprint density at radius 3 is 2.30 bits per heavy atom. The number of carbonyl (C=O) groups excluding carboxylic acids is 3. The average molecular weight is 640 g/mol. The number of amides is 3. The van der Waals surface area contributed by atoms with Gasteiger partial charge in [-0.1, -0.05) is 91.0 Å². The van der Waals surface area contributed by atoms with E-state index in [0.29, 0.717) is 5.56 Å². The molecule has 0 aromatic heterocycles. The number of hydrogen-bond acceptors (Lipinski definition) is 8. The topological polar surface area (TPSA) is 133 Å². The van der Waals surface area contributed by atoms with Gasteiger partial charge in [0.1, 0.15) is 30.5 Å². The molecule has 2 aliphatic rings. The number of ether oxygens (including phenoxy) is 5. The Labute approximate surface area is 272 Å². The molecule has 6 rings (SSSR count). The Kier molecular flexibility index (Phi) is 10.2. The molecule has 2 heterocycles. The largest absolute Gasteiger partial charge is 0.360 e. The smallest absolute Gasteiger partial charge is 0.269 e. The fraction of sp³-hybridized carbons (Fsp3) is 0.306. The van der Waals surface area contributed by atoms with E-state index in [9.17, 15) is 14.4 Å². The maximum atomic E-state index is 13.3. The van der Waals surface area contributed by atoms with Crippen LogP contribution < -0.4 is 16.2 Å². The molecule has 2 fully saturated rings. The molecule has 0 bridgehead atoms. The summed E-state index contributed by atoms with van der Waals surface area (Å²) >= 11 is 0. The van der Waals surface area contributed by atoms with Crippen LogP contribution in [0.5, 0.6) is 0 Å². The highest BCUT2D eigenvalue weighted by atomic mass is 16.8. The molecular formula is C36H37N3O8. The second-order valence-corrected chi connectivity index (χ2v) is 11.5. The second kappa shape index (κ2) is 14.8. The highest BCUT2D eigenvalue weighted by Gasteiger charge is 2.52. The molecule has 0 aliphatic carbocycles. The summed E-state index contributed by atoms with van der Waals surface area (Å²) in [6, 6.07) is 31.1. The van der Waals surface area contributed by atoms with Crippen LogP contribution >= 0.6 is 0 Å². The van der Waals surface area contributed by atoms with Gasteiger partial charge in [0.2, 0.25) is 5.91 Å². The van der Waals surface area contributed by atoms with E-state index < -0.39 is 54.9 Å². The highest BCUT2D eigenvalue weighted by molar-refractivity contribution is 5.99. The maximum absolute atomic E-state index is 13.3. The number of rotatable bonds is 9. The standard InChI is InChI=1S/C36H37N3O8/c1-22(33(41)38-39-34(42)28-18-17-25-13-9-10-16-27(25)19-28)45-32-30(37-23(2)40)36(43-20-24-11-5-3-6-12-24)46-29-21-44-35(47-31(29)32)26-14-7-4-8-15-26/h3-19,22,29-32,35-36H,20-21H2,1-2H3,(H,37,40)(H,38,41)(H,39,42)/t22-,29-,30+,31+,32-,35-,36-/m0/s1. The van der Waals surface area contributed by atoms with Crippen molar-refractivity contribution in [2.24, 2.45) is 0 Å². The minimum absolute atomic E-state index is 0.157. The molecule has 7 atom stereocenters. The fourth-order valence-electron chi connectivity index (χ4n) is 5.72. The number of benzene rings is 4. The van der Waals surface area contributed by atoms with Gasteiger partial charge in [0, 0.05) is 18.1 Å². The lowest BCUT2D eigenvalue weighted by Crippen LogP contribution is -2.68. The zero-order chi connectivity index (χ0) is 32.8. The van der Waals surface area contributed by atoms with E-state index in [0.717, 1.165) is 21.9 Å². The molecule has 4 aromatic rings. The lowest BCUT2D eigenvalue weighted by atomic mass is 9.95. The second-order valence-electron chi connectivity index (χ2n) is 11.5. The zero-order valence-electron chi connectivity index (χ0n) is 26.0. The van der Waals surface area contributed by atoms with Gasteiger partial charge in [-0.2, -0.15) is 0 Å². The molecule has 2 saturated heterocycles. The number of fused-ring (bicyclic) bond motifs is 2. The van der Waals surface area contributed by atoms with Crippen LogP contribution in [0, 0.1) is 0 Å². The van der Waals surface area contributed by atoms with Crippen molar-refractivity contribution in [2.75, 3.05) is 6.61 Å². The van der Waals surface area contributed by atoms with Gasteiger partial charge >= 0.3 is 0 Å². The first-order chi connectivity index (χ1) is 22.9. The zero-order valence-corrected chi connectivity index (χ0v) is 26.0. The average Bonchev–Trinajstić information content (AvgIpc) is 3.10. The third kappa shape index (κ3) is 7.84. The van der Waals surface area contributed by atoms with Crippen molar-refractivity contribution >= 4 is 28.5 Å². The molecule has 4 aromatic carbocycles. The van der Waals surface area contributed by atoms with Gasteiger partial charge in [-0.25, -0.2) is 0 Å². The van der Waals surface area contributed by atoms with Gasteiger partial charge in [0.15, 0.2) is 12.6 Å². The summed E-state index contributed by atoms with van der Waals surface area (Å²) in [5, 5.41) is 4.79. The number of hydrogen-bond donors (Lipinski definition) is 3. The molecule has 0 spiro atoms. The SMILES string of the molecule is CC(=O)N[C@H]1[C@@H](OCc2ccccc2)O[C@H]2CO[C@H](c3ccccc3)O[C@H]2[C@H]1O[C@@H](C)C(=O)NNC(=O)c1ccc2ccccc2c1. The summed E-state index contributed by atoms with van der Waals surface area (Å²) in [5.74, 6) is -1.42. The van der Waals surface area contributed by atoms with Crippen LogP contribution in [0.4, 0.5) is 0 Å². The summed E-state index contributed by atoms with van der Waals surface area (Å²) in [6.07, 6.45) is -5.03. The first-order valence-electron chi connectivity index (χ1n) is 15.5. The third-order valence-electron chi connectivity index (χ3n) is 8.08. The van der Waals surface area contributed by atoms with Crippen LogP contribution in [-0.4, -0.2) is 61.1 Å².